The number of carbonyl (C=O) groups is 3. The van der Waals surface area contributed by atoms with Crippen molar-refractivity contribution in [3.05, 3.63) is 44.8 Å². The fourth-order valence-corrected chi connectivity index (χ4v) is 5.41. The minimum atomic E-state index is -1.21. The topological polar surface area (TPSA) is 122 Å². The van der Waals surface area contributed by atoms with E-state index in [2.05, 4.69) is 10.6 Å². The zero-order valence-corrected chi connectivity index (χ0v) is 23.7. The normalized spacial score (nSPS) is 16.5. The van der Waals surface area contributed by atoms with Gasteiger partial charge in [0.05, 0.1) is 34.0 Å². The first-order valence-corrected chi connectivity index (χ1v) is 13.3. The lowest BCUT2D eigenvalue weighted by Gasteiger charge is -2.46. The van der Waals surface area contributed by atoms with Crippen LogP contribution in [0.4, 0.5) is 15.5 Å². The molecule has 4 N–H and O–H groups in total. The van der Waals surface area contributed by atoms with E-state index in [1.807, 2.05) is 20.8 Å². The van der Waals surface area contributed by atoms with Crippen LogP contribution in [0.1, 0.15) is 49.9 Å². The van der Waals surface area contributed by atoms with E-state index >= 15 is 0 Å². The van der Waals surface area contributed by atoms with E-state index in [4.69, 9.17) is 28.3 Å². The van der Waals surface area contributed by atoms with Gasteiger partial charge >= 0.3 is 6.03 Å². The lowest BCUT2D eigenvalue weighted by Crippen LogP contribution is -2.65. The maximum atomic E-state index is 13.8. The van der Waals surface area contributed by atoms with E-state index in [1.54, 1.807) is 38.1 Å². The summed E-state index contributed by atoms with van der Waals surface area (Å²) >= 11 is 13.5. The first-order chi connectivity index (χ1) is 17.2. The third-order valence-electron chi connectivity index (χ3n) is 6.09. The number of carbonyl (C=O) groups excluding carboxylic acids is 3. The molecule has 1 atom stereocenters. The number of hydrogen-bond donors (Lipinski definition) is 4. The second-order valence-electron chi connectivity index (χ2n) is 10.4. The van der Waals surface area contributed by atoms with E-state index < -0.39 is 30.2 Å². The van der Waals surface area contributed by atoms with Crippen LogP contribution in [0.25, 0.3) is 0 Å². The molecule has 1 aliphatic rings. The monoisotopic (exact) mass is 570 g/mol. The van der Waals surface area contributed by atoms with Gasteiger partial charge in [0.2, 0.25) is 5.91 Å². The molecule has 1 aliphatic heterocycles. The Balaban J connectivity index is 1.89. The molecule has 4 amide bonds. The number of aliphatic hydroxyl groups excluding tert-OH is 2. The number of rotatable bonds is 6. The number of urea groups is 1. The molecule has 1 aromatic heterocycles. The van der Waals surface area contributed by atoms with Crippen molar-refractivity contribution in [3.63, 3.8) is 0 Å². The highest BCUT2D eigenvalue weighted by Crippen LogP contribution is 2.38. The Bertz CT molecular complexity index is 1190. The summed E-state index contributed by atoms with van der Waals surface area (Å²) in [5, 5.41) is 25.2. The number of nitrogens with zero attached hydrogens (tertiary/aromatic N) is 2. The van der Waals surface area contributed by atoms with Crippen molar-refractivity contribution in [1.29, 1.82) is 0 Å². The van der Waals surface area contributed by atoms with Crippen LogP contribution in [0.15, 0.2) is 24.3 Å². The van der Waals surface area contributed by atoms with Gasteiger partial charge in [-0.25, -0.2) is 4.79 Å². The molecule has 37 heavy (non-hydrogen) atoms. The van der Waals surface area contributed by atoms with Crippen LogP contribution in [0.5, 0.6) is 0 Å². The van der Waals surface area contributed by atoms with E-state index in [9.17, 15) is 19.5 Å². The van der Waals surface area contributed by atoms with Gasteiger partial charge in [0.25, 0.3) is 5.91 Å². The Hall–Kier alpha value is -2.37. The number of β-amino-alcohol motifs (C(OH)–C–C–N with tert-alkyl or cyclic N) is 1. The van der Waals surface area contributed by atoms with Gasteiger partial charge in [-0.15, -0.1) is 11.3 Å². The first kappa shape index (κ1) is 29.2. The number of benzene rings is 1. The quantitative estimate of drug-likeness (QED) is 0.409. The molecule has 1 unspecified atom stereocenters. The first-order valence-electron chi connectivity index (χ1n) is 11.7. The maximum absolute atomic E-state index is 13.8. The molecule has 3 rings (SSSR count). The molecule has 0 bridgehead atoms. The van der Waals surface area contributed by atoms with Gasteiger partial charge in [-0.2, -0.15) is 0 Å². The van der Waals surface area contributed by atoms with E-state index in [0.717, 1.165) is 4.88 Å². The highest BCUT2D eigenvalue weighted by atomic mass is 35.5. The van der Waals surface area contributed by atoms with Crippen molar-refractivity contribution in [1.82, 2.24) is 9.80 Å². The van der Waals surface area contributed by atoms with Gasteiger partial charge in [0.15, 0.2) is 0 Å². The van der Waals surface area contributed by atoms with Crippen LogP contribution in [0, 0.1) is 0 Å². The molecule has 1 fully saturated rings. The Labute approximate surface area is 230 Å². The highest BCUT2D eigenvalue weighted by molar-refractivity contribution is 7.16. The van der Waals surface area contributed by atoms with Crippen molar-refractivity contribution in [2.45, 2.75) is 51.7 Å². The number of thiophene rings is 1. The highest BCUT2D eigenvalue weighted by Gasteiger charge is 2.45. The number of hydrogen-bond acceptors (Lipinski definition) is 6. The summed E-state index contributed by atoms with van der Waals surface area (Å²) in [4.78, 5) is 43.6. The summed E-state index contributed by atoms with van der Waals surface area (Å²) in [5.41, 5.74) is -0.911. The number of anilines is 2. The second kappa shape index (κ2) is 11.2. The molecule has 2 aromatic rings. The molecular formula is C25H32Cl2N4O5S. The molecule has 12 heteroatoms. The van der Waals surface area contributed by atoms with Gasteiger partial charge in [0.1, 0.15) is 10.5 Å². The number of aliphatic hydroxyl groups is 2. The number of halogens is 2. The predicted octanol–water partition coefficient (Wildman–Crippen LogP) is 4.41. The Morgan fingerprint density at radius 2 is 1.86 bits per heavy atom. The van der Waals surface area contributed by atoms with Crippen LogP contribution in [-0.2, 0) is 10.2 Å². The molecular weight excluding hydrogens is 539 g/mol. The Morgan fingerprint density at radius 1 is 1.19 bits per heavy atom. The Kier molecular flexibility index (Phi) is 8.81. The van der Waals surface area contributed by atoms with Gasteiger partial charge in [0, 0.05) is 24.5 Å². The lowest BCUT2D eigenvalue weighted by atomic mass is 9.93. The van der Waals surface area contributed by atoms with Crippen molar-refractivity contribution >= 4 is 63.1 Å². The molecule has 9 nitrogen and oxygen atoms in total. The molecule has 1 saturated heterocycles. The summed E-state index contributed by atoms with van der Waals surface area (Å²) in [5.74, 6) is -0.739. The predicted molar refractivity (Wildman–Crippen MR) is 147 cm³/mol. The molecule has 202 valence electrons. The van der Waals surface area contributed by atoms with Crippen LogP contribution in [0.2, 0.25) is 10.0 Å². The third kappa shape index (κ3) is 6.38. The average molecular weight is 572 g/mol. The lowest BCUT2D eigenvalue weighted by molar-refractivity contribution is -0.148. The van der Waals surface area contributed by atoms with Crippen molar-refractivity contribution < 1.29 is 24.6 Å². The zero-order chi connectivity index (χ0) is 27.7. The summed E-state index contributed by atoms with van der Waals surface area (Å²) in [7, 11) is 0. The molecule has 0 radical (unpaired) electrons. The molecule has 0 spiro atoms. The summed E-state index contributed by atoms with van der Waals surface area (Å²) in [6.45, 7) is 9.23. The van der Waals surface area contributed by atoms with Crippen LogP contribution in [0.3, 0.4) is 0 Å². The van der Waals surface area contributed by atoms with Gasteiger partial charge in [-0.1, -0.05) is 50.0 Å². The van der Waals surface area contributed by atoms with E-state index in [1.165, 1.54) is 21.1 Å². The summed E-state index contributed by atoms with van der Waals surface area (Å²) in [6.07, 6.45) is -1.06. The van der Waals surface area contributed by atoms with Crippen molar-refractivity contribution in [3.8, 4) is 0 Å². The summed E-state index contributed by atoms with van der Waals surface area (Å²) in [6, 6.07) is 6.01. The van der Waals surface area contributed by atoms with Gasteiger partial charge < -0.3 is 25.3 Å². The van der Waals surface area contributed by atoms with E-state index in [0.29, 0.717) is 15.7 Å². The van der Waals surface area contributed by atoms with Crippen LogP contribution < -0.4 is 10.6 Å². The molecule has 0 aliphatic carbocycles. The zero-order valence-electron chi connectivity index (χ0n) is 21.4. The van der Waals surface area contributed by atoms with Crippen LogP contribution in [-0.4, -0.2) is 75.7 Å². The third-order valence-corrected chi connectivity index (χ3v) is 8.39. The minimum Gasteiger partial charge on any atom is -0.394 e. The van der Waals surface area contributed by atoms with Crippen molar-refractivity contribution in [2.24, 2.45) is 0 Å². The number of amides is 4. The fourth-order valence-electron chi connectivity index (χ4n) is 3.96. The molecule has 0 saturated carbocycles. The van der Waals surface area contributed by atoms with E-state index in [-0.39, 0.29) is 41.5 Å². The van der Waals surface area contributed by atoms with Gasteiger partial charge in [-0.05, 0) is 37.5 Å². The minimum absolute atomic E-state index is 0.0214. The smallest absolute Gasteiger partial charge is 0.324 e. The standard InChI is InChI=1S/C25H32Cl2N4O5S/c1-24(2,3)18-11-15(20(37-18)29-23(36)28-17-8-6-7-16(26)19(17)27)21(34)31-10-9-30(12-14(33)13-32)22(35)25(31,4)5/h6-8,11,14,32-33H,9-10,12-13H2,1-5H3,(H2,28,29,36). The average Bonchev–Trinajstić information content (AvgIpc) is 3.24. The largest absolute Gasteiger partial charge is 0.394 e. The van der Waals surface area contributed by atoms with Crippen molar-refractivity contribution in [2.75, 3.05) is 36.9 Å². The fraction of sp³-hybridized carbons (Fsp3) is 0.480. The second-order valence-corrected chi connectivity index (χ2v) is 12.2. The Morgan fingerprint density at radius 3 is 2.49 bits per heavy atom. The summed E-state index contributed by atoms with van der Waals surface area (Å²) < 4.78 is 0. The molecule has 1 aromatic carbocycles. The maximum Gasteiger partial charge on any atom is 0.324 e. The molecule has 2 heterocycles. The SMILES string of the molecule is CC(C)(C)c1cc(C(=O)N2CCN(CC(O)CO)C(=O)C2(C)C)c(NC(=O)Nc2cccc(Cl)c2Cl)s1. The number of piperazine rings is 1. The van der Waals surface area contributed by atoms with Gasteiger partial charge in [-0.3, -0.25) is 14.9 Å². The van der Waals surface area contributed by atoms with Crippen LogP contribution >= 0.6 is 34.5 Å². The number of nitrogens with one attached hydrogen (secondary N) is 2.